The van der Waals surface area contributed by atoms with Gasteiger partial charge in [0, 0.05) is 36.1 Å². The van der Waals surface area contributed by atoms with Gasteiger partial charge in [-0.15, -0.1) is 0 Å². The zero-order chi connectivity index (χ0) is 22.0. The average molecular weight is 435 g/mol. The Labute approximate surface area is 181 Å². The summed E-state index contributed by atoms with van der Waals surface area (Å²) in [5.74, 6) is -0.184. The molecule has 7 heteroatoms. The Morgan fingerprint density at radius 3 is 2.42 bits per heavy atom. The van der Waals surface area contributed by atoms with E-state index in [1.165, 1.54) is 19.2 Å². The number of nitrogens with zero attached hydrogens (tertiary/aromatic N) is 1. The second-order valence-electron chi connectivity index (χ2n) is 7.23. The number of hydrogen-bond donors (Lipinski definition) is 1. The lowest BCUT2D eigenvalue weighted by Gasteiger charge is -2.11. The van der Waals surface area contributed by atoms with Crippen LogP contribution in [0.4, 0.5) is 0 Å². The molecule has 1 N–H and O–H groups in total. The van der Waals surface area contributed by atoms with Crippen molar-refractivity contribution in [2.75, 3.05) is 7.11 Å². The van der Waals surface area contributed by atoms with Crippen molar-refractivity contribution in [3.63, 3.8) is 0 Å². The number of benzene rings is 3. The highest BCUT2D eigenvalue weighted by atomic mass is 32.2. The zero-order valence-electron chi connectivity index (χ0n) is 17.2. The Bertz CT molecular complexity index is 1360. The molecule has 0 fully saturated rings. The molecule has 0 radical (unpaired) electrons. The van der Waals surface area contributed by atoms with E-state index in [-0.39, 0.29) is 10.5 Å². The SMILES string of the molecule is COc1cc(C(=O)NS(=O)(=O)c2ccccc2)ccc1Cc1cn(C)c2ccccc12. The lowest BCUT2D eigenvalue weighted by atomic mass is 10.0. The van der Waals surface area contributed by atoms with Gasteiger partial charge in [-0.3, -0.25) is 4.79 Å². The standard InChI is InChI=1S/C24H22N2O4S/c1-26-16-19(21-10-6-7-11-22(21)26)14-17-12-13-18(15-23(17)30-2)24(27)25-31(28,29)20-8-4-3-5-9-20/h3-13,15-16H,14H2,1-2H3,(H,25,27). The molecule has 0 unspecified atom stereocenters. The molecule has 1 heterocycles. The minimum absolute atomic E-state index is 0.0305. The number of aromatic nitrogens is 1. The van der Waals surface area contributed by atoms with Gasteiger partial charge < -0.3 is 9.30 Å². The van der Waals surface area contributed by atoms with Crippen LogP contribution in [0, 0.1) is 0 Å². The Morgan fingerprint density at radius 2 is 1.68 bits per heavy atom. The van der Waals surface area contributed by atoms with Gasteiger partial charge in [-0.2, -0.15) is 0 Å². The van der Waals surface area contributed by atoms with Crippen molar-refractivity contribution < 1.29 is 17.9 Å². The van der Waals surface area contributed by atoms with Gasteiger partial charge in [0.05, 0.1) is 12.0 Å². The molecule has 6 nitrogen and oxygen atoms in total. The molecule has 0 saturated carbocycles. The Kier molecular flexibility index (Phi) is 5.52. The van der Waals surface area contributed by atoms with Gasteiger partial charge in [-0.25, -0.2) is 13.1 Å². The summed E-state index contributed by atoms with van der Waals surface area (Å²) in [7, 11) is -0.415. The summed E-state index contributed by atoms with van der Waals surface area (Å²) in [4.78, 5) is 12.6. The van der Waals surface area contributed by atoms with E-state index < -0.39 is 15.9 Å². The van der Waals surface area contributed by atoms with Crippen LogP contribution in [0.15, 0.2) is 83.9 Å². The predicted octanol–water partition coefficient (Wildman–Crippen LogP) is 3.90. The van der Waals surface area contributed by atoms with Crippen LogP contribution in [0.25, 0.3) is 10.9 Å². The minimum Gasteiger partial charge on any atom is -0.496 e. The van der Waals surface area contributed by atoms with Crippen molar-refractivity contribution in [3.8, 4) is 5.75 Å². The number of aryl methyl sites for hydroxylation is 1. The first-order valence-electron chi connectivity index (χ1n) is 9.71. The third kappa shape index (κ3) is 4.18. The first kappa shape index (κ1) is 20.7. The molecule has 0 spiro atoms. The molecule has 4 aromatic rings. The second-order valence-corrected chi connectivity index (χ2v) is 8.92. The van der Waals surface area contributed by atoms with Crippen molar-refractivity contribution in [3.05, 3.63) is 95.7 Å². The molecule has 158 valence electrons. The van der Waals surface area contributed by atoms with Crippen molar-refractivity contribution in [2.45, 2.75) is 11.3 Å². The minimum atomic E-state index is -3.95. The fourth-order valence-electron chi connectivity index (χ4n) is 3.64. The zero-order valence-corrected chi connectivity index (χ0v) is 18.0. The van der Waals surface area contributed by atoms with Gasteiger partial charge in [0.15, 0.2) is 0 Å². The number of rotatable bonds is 6. The second kappa shape index (κ2) is 8.28. The van der Waals surface area contributed by atoms with Gasteiger partial charge in [0.2, 0.25) is 0 Å². The number of carbonyl (C=O) groups is 1. The fourth-order valence-corrected chi connectivity index (χ4v) is 4.64. The summed E-state index contributed by atoms with van der Waals surface area (Å²) < 4.78 is 34.6. The van der Waals surface area contributed by atoms with Crippen molar-refractivity contribution in [1.82, 2.24) is 9.29 Å². The molecule has 3 aromatic carbocycles. The Balaban J connectivity index is 1.60. The van der Waals surface area contributed by atoms with Crippen molar-refractivity contribution >= 4 is 26.8 Å². The maximum atomic E-state index is 12.6. The molecule has 4 rings (SSSR count). The molecule has 1 aromatic heterocycles. The number of sulfonamides is 1. The third-order valence-corrected chi connectivity index (χ3v) is 6.54. The molecule has 0 atom stereocenters. The lowest BCUT2D eigenvalue weighted by molar-refractivity contribution is 0.0981. The summed E-state index contributed by atoms with van der Waals surface area (Å²) in [6.45, 7) is 0. The van der Waals surface area contributed by atoms with Gasteiger partial charge >= 0.3 is 0 Å². The molecule has 0 aliphatic carbocycles. The number of ether oxygens (including phenoxy) is 1. The lowest BCUT2D eigenvalue weighted by Crippen LogP contribution is -2.30. The molecule has 0 aliphatic rings. The largest absolute Gasteiger partial charge is 0.496 e. The molecular weight excluding hydrogens is 412 g/mol. The number of para-hydroxylation sites is 1. The van der Waals surface area contributed by atoms with E-state index >= 15 is 0 Å². The smallest absolute Gasteiger partial charge is 0.265 e. The van der Waals surface area contributed by atoms with Crippen LogP contribution in [-0.4, -0.2) is 26.0 Å². The topological polar surface area (TPSA) is 77.4 Å². The van der Waals surface area contributed by atoms with Gasteiger partial charge in [-0.05, 0) is 41.5 Å². The van der Waals surface area contributed by atoms with Crippen LogP contribution in [0.3, 0.4) is 0 Å². The number of nitrogens with one attached hydrogen (secondary N) is 1. The van der Waals surface area contributed by atoms with E-state index in [4.69, 9.17) is 4.74 Å². The van der Waals surface area contributed by atoms with E-state index in [1.54, 1.807) is 36.4 Å². The molecular formula is C24H22N2O4S. The quantitative estimate of drug-likeness (QED) is 0.499. The number of methoxy groups -OCH3 is 1. The van der Waals surface area contributed by atoms with Crippen LogP contribution in [0.5, 0.6) is 5.75 Å². The van der Waals surface area contributed by atoms with E-state index in [9.17, 15) is 13.2 Å². The van der Waals surface area contributed by atoms with Crippen molar-refractivity contribution in [1.29, 1.82) is 0 Å². The van der Waals surface area contributed by atoms with Crippen LogP contribution in [0.2, 0.25) is 0 Å². The van der Waals surface area contributed by atoms with Crippen molar-refractivity contribution in [2.24, 2.45) is 7.05 Å². The summed E-state index contributed by atoms with van der Waals surface area (Å²) in [6, 6.07) is 20.9. The first-order chi connectivity index (χ1) is 14.9. The van der Waals surface area contributed by atoms with Crippen LogP contribution in [-0.2, 0) is 23.5 Å². The van der Waals surface area contributed by atoms with Crippen LogP contribution in [0.1, 0.15) is 21.5 Å². The monoisotopic (exact) mass is 434 g/mol. The predicted molar refractivity (Wildman–Crippen MR) is 120 cm³/mol. The third-order valence-electron chi connectivity index (χ3n) is 5.19. The Hall–Kier alpha value is -3.58. The molecule has 0 aliphatic heterocycles. The summed E-state index contributed by atoms with van der Waals surface area (Å²) in [5, 5.41) is 1.16. The van der Waals surface area contributed by atoms with Gasteiger partial charge in [0.1, 0.15) is 5.75 Å². The maximum Gasteiger partial charge on any atom is 0.265 e. The van der Waals surface area contributed by atoms with Crippen LogP contribution < -0.4 is 9.46 Å². The van der Waals surface area contributed by atoms with E-state index in [0.717, 1.165) is 22.0 Å². The highest BCUT2D eigenvalue weighted by molar-refractivity contribution is 7.90. The van der Waals surface area contributed by atoms with E-state index in [1.807, 2.05) is 19.2 Å². The maximum absolute atomic E-state index is 12.6. The number of amides is 1. The molecule has 31 heavy (non-hydrogen) atoms. The van der Waals surface area contributed by atoms with Gasteiger partial charge in [0.25, 0.3) is 15.9 Å². The first-order valence-corrected chi connectivity index (χ1v) is 11.2. The Morgan fingerprint density at radius 1 is 0.968 bits per heavy atom. The van der Waals surface area contributed by atoms with Crippen LogP contribution >= 0.6 is 0 Å². The van der Waals surface area contributed by atoms with E-state index in [0.29, 0.717) is 12.2 Å². The normalized spacial score (nSPS) is 11.4. The average Bonchev–Trinajstić information content (AvgIpc) is 3.10. The highest BCUT2D eigenvalue weighted by Crippen LogP contribution is 2.28. The molecule has 1 amide bonds. The van der Waals surface area contributed by atoms with E-state index in [2.05, 4.69) is 27.6 Å². The summed E-state index contributed by atoms with van der Waals surface area (Å²) in [5.41, 5.74) is 3.39. The summed E-state index contributed by atoms with van der Waals surface area (Å²) >= 11 is 0. The van der Waals surface area contributed by atoms with Gasteiger partial charge in [-0.1, -0.05) is 42.5 Å². The number of fused-ring (bicyclic) bond motifs is 1. The number of hydrogen-bond acceptors (Lipinski definition) is 4. The fraction of sp³-hybridized carbons (Fsp3) is 0.125. The number of carbonyl (C=O) groups excluding carboxylic acids is 1. The molecule has 0 saturated heterocycles. The molecule has 0 bridgehead atoms. The summed E-state index contributed by atoms with van der Waals surface area (Å²) in [6.07, 6.45) is 2.70. The highest BCUT2D eigenvalue weighted by Gasteiger charge is 2.20.